The van der Waals surface area contributed by atoms with Gasteiger partial charge < -0.3 is 48.9 Å². The first-order valence-electron chi connectivity index (χ1n) is 13.6. The second kappa shape index (κ2) is 15.0. The second-order valence-electron chi connectivity index (χ2n) is 10.7. The van der Waals surface area contributed by atoms with E-state index in [1.54, 1.807) is 27.7 Å². The Morgan fingerprint density at radius 3 is 2.34 bits per heavy atom. The van der Waals surface area contributed by atoms with Crippen molar-refractivity contribution in [3.8, 4) is 11.5 Å². The number of halogens is 1. The van der Waals surface area contributed by atoms with Crippen molar-refractivity contribution < 1.29 is 61.2 Å². The number of esters is 1. The van der Waals surface area contributed by atoms with Crippen LogP contribution in [0.3, 0.4) is 0 Å². The Bertz CT molecular complexity index is 1390. The van der Waals surface area contributed by atoms with Crippen LogP contribution in [0.5, 0.6) is 11.5 Å². The maximum Gasteiger partial charge on any atom is 0.408 e. The lowest BCUT2D eigenvalue weighted by atomic mass is 9.99. The third kappa shape index (κ3) is 10.0. The first-order valence-corrected chi connectivity index (χ1v) is 14.9. The highest BCUT2D eigenvalue weighted by molar-refractivity contribution is 7.84. The van der Waals surface area contributed by atoms with Gasteiger partial charge >= 0.3 is 22.5 Å². The van der Waals surface area contributed by atoms with Crippen molar-refractivity contribution >= 4 is 28.1 Å². The van der Waals surface area contributed by atoms with E-state index < -0.39 is 71.4 Å². The number of carbonyl (C=O) groups excluding carboxylic acids is 2. The molecule has 0 radical (unpaired) electrons. The van der Waals surface area contributed by atoms with Crippen LogP contribution in [0.15, 0.2) is 52.9 Å². The van der Waals surface area contributed by atoms with Crippen LogP contribution < -0.4 is 14.2 Å². The molecule has 1 saturated heterocycles. The number of alkyl carbamates (subject to hydrolysis) is 1. The molecule has 244 valence electrons. The molecule has 0 aliphatic carbocycles. The van der Waals surface area contributed by atoms with E-state index in [4.69, 9.17) is 23.1 Å². The fourth-order valence-electron chi connectivity index (χ4n) is 3.98. The average molecular weight is 645 g/mol. The maximum atomic E-state index is 15.1. The normalized spacial score (nSPS) is 23.9. The number of nitrogens with zero attached hydrogens (tertiary/aromatic N) is 1. The molecule has 0 aromatic heterocycles. The van der Waals surface area contributed by atoms with Gasteiger partial charge in [-0.15, -0.1) is 4.36 Å². The van der Waals surface area contributed by atoms with Gasteiger partial charge in [0.1, 0.15) is 53.2 Å². The molecular formula is C28H37FN2O12S. The summed E-state index contributed by atoms with van der Waals surface area (Å²) in [4.78, 5) is 24.7. The third-order valence-electron chi connectivity index (χ3n) is 5.99. The number of aliphatic hydroxyl groups excluding tert-OH is 4. The van der Waals surface area contributed by atoms with Crippen LogP contribution in [0.4, 0.5) is 14.4 Å². The molecule has 0 saturated carbocycles. The number of aliphatic hydroxyl groups is 4. The zero-order chi connectivity index (χ0) is 32.7. The Balaban J connectivity index is 1.74. The van der Waals surface area contributed by atoms with Crippen LogP contribution in [0.1, 0.15) is 33.3 Å². The Hall–Kier alpha value is -3.54. The number of hydrogen-bond acceptors (Lipinski definition) is 13. The molecule has 7 atom stereocenters. The van der Waals surface area contributed by atoms with Crippen molar-refractivity contribution in [1.29, 1.82) is 0 Å². The molecule has 1 aliphatic rings. The van der Waals surface area contributed by atoms with E-state index >= 15 is 3.89 Å². The summed E-state index contributed by atoms with van der Waals surface area (Å²) < 4.78 is 57.3. The van der Waals surface area contributed by atoms with Crippen LogP contribution >= 0.6 is 0 Å². The number of ether oxygens (including phenoxy) is 4. The van der Waals surface area contributed by atoms with Crippen LogP contribution in [0.25, 0.3) is 0 Å². The highest BCUT2D eigenvalue weighted by Crippen LogP contribution is 2.33. The van der Waals surface area contributed by atoms with E-state index in [1.165, 1.54) is 48.5 Å². The highest BCUT2D eigenvalue weighted by Gasteiger charge is 2.45. The minimum atomic E-state index is -4.87. The van der Waals surface area contributed by atoms with Crippen LogP contribution in [0, 0.1) is 0 Å². The fourth-order valence-corrected chi connectivity index (χ4v) is 4.75. The van der Waals surface area contributed by atoms with Crippen molar-refractivity contribution in [3.63, 3.8) is 0 Å². The second-order valence-corrected chi connectivity index (χ2v) is 11.8. The minimum absolute atomic E-state index is 0.00357. The smallest absolute Gasteiger partial charge is 0.408 e. The molecule has 2 aromatic rings. The van der Waals surface area contributed by atoms with Crippen molar-refractivity contribution in [1.82, 2.24) is 5.32 Å². The standard InChI is InChI=1S/C28H37FN2O12S/c1-5-39-25(36)19(30-27(37)42-28(2,3)4)14-16-10-12-17(13-11-16)43-44(29,38)31-18-8-6-7-9-20(18)40-26-24(35)23(34)22(33)21(15-32)41-26/h6-13,19,21-24,26,32-35H,5,14-15H2,1-4H3,(H,30,37)/t19-,21+,22-,23-,24+,26+,44?/m0/s1. The summed E-state index contributed by atoms with van der Waals surface area (Å²) in [7, 11) is -4.87. The zero-order valence-corrected chi connectivity index (χ0v) is 25.3. The van der Waals surface area contributed by atoms with Gasteiger partial charge in [-0.1, -0.05) is 28.2 Å². The topological polar surface area (TPSA) is 203 Å². The molecule has 1 fully saturated rings. The molecule has 1 unspecified atom stereocenters. The monoisotopic (exact) mass is 644 g/mol. The molecule has 0 bridgehead atoms. The highest BCUT2D eigenvalue weighted by atomic mass is 32.3. The third-order valence-corrected chi connectivity index (χ3v) is 6.80. The molecule has 3 rings (SSSR count). The predicted octanol–water partition coefficient (Wildman–Crippen LogP) is 1.84. The van der Waals surface area contributed by atoms with Gasteiger partial charge in [-0.3, -0.25) is 0 Å². The Morgan fingerprint density at radius 2 is 1.73 bits per heavy atom. The summed E-state index contributed by atoms with van der Waals surface area (Å²) in [6.45, 7) is 6.03. The van der Waals surface area contributed by atoms with Gasteiger partial charge in [0, 0.05) is 6.42 Å². The van der Waals surface area contributed by atoms with E-state index in [1.807, 2.05) is 0 Å². The van der Waals surface area contributed by atoms with Crippen LogP contribution in [0.2, 0.25) is 0 Å². The van der Waals surface area contributed by atoms with Gasteiger partial charge in [0.15, 0.2) is 0 Å². The van der Waals surface area contributed by atoms with Crippen molar-refractivity contribution in [3.05, 3.63) is 54.1 Å². The predicted molar refractivity (Wildman–Crippen MR) is 153 cm³/mol. The molecular weight excluding hydrogens is 607 g/mol. The Labute approximate surface area is 254 Å². The molecule has 16 heteroatoms. The van der Waals surface area contributed by atoms with Crippen molar-refractivity contribution in [2.45, 2.75) is 76.5 Å². The van der Waals surface area contributed by atoms with E-state index in [0.29, 0.717) is 5.56 Å². The van der Waals surface area contributed by atoms with Gasteiger partial charge in [-0.25, -0.2) is 9.59 Å². The first kappa shape index (κ1) is 34.9. The van der Waals surface area contributed by atoms with Gasteiger partial charge in [-0.2, -0.15) is 4.21 Å². The van der Waals surface area contributed by atoms with Crippen molar-refractivity contribution in [2.24, 2.45) is 4.36 Å². The summed E-state index contributed by atoms with van der Waals surface area (Å²) in [5.74, 6) is -1.07. The number of amides is 1. The number of benzene rings is 2. The maximum absolute atomic E-state index is 15.1. The SMILES string of the molecule is CCOC(=O)[C@H](Cc1ccc(OS(=O)(F)=Nc2ccccc2O[C@@H]2O[C@H](CO)[C@H](O)[C@H](O)[C@H]2O)cc1)NC(=O)OC(C)(C)C. The van der Waals surface area contributed by atoms with Crippen molar-refractivity contribution in [2.75, 3.05) is 13.2 Å². The lowest BCUT2D eigenvalue weighted by Crippen LogP contribution is -2.60. The molecule has 0 spiro atoms. The van der Waals surface area contributed by atoms with Gasteiger partial charge in [0.05, 0.1) is 13.2 Å². The Kier molecular flexibility index (Phi) is 11.9. The molecule has 1 aliphatic heterocycles. The minimum Gasteiger partial charge on any atom is -0.464 e. The van der Waals surface area contributed by atoms with E-state index in [9.17, 15) is 34.2 Å². The van der Waals surface area contributed by atoms with E-state index in [0.717, 1.165) is 0 Å². The van der Waals surface area contributed by atoms with E-state index in [2.05, 4.69) is 9.68 Å². The number of nitrogens with one attached hydrogen (secondary N) is 1. The van der Waals surface area contributed by atoms with Gasteiger partial charge in [0.25, 0.3) is 0 Å². The summed E-state index contributed by atoms with van der Waals surface area (Å²) in [6.07, 6.45) is -8.73. The lowest BCUT2D eigenvalue weighted by molar-refractivity contribution is -0.277. The zero-order valence-electron chi connectivity index (χ0n) is 24.5. The van der Waals surface area contributed by atoms with Gasteiger partial charge in [-0.05, 0) is 57.5 Å². The largest absolute Gasteiger partial charge is 0.464 e. The van der Waals surface area contributed by atoms with Crippen LogP contribution in [-0.4, -0.2) is 92.3 Å². The number of carbonyl (C=O) groups is 2. The van der Waals surface area contributed by atoms with Gasteiger partial charge in [0.2, 0.25) is 6.29 Å². The fraction of sp³-hybridized carbons (Fsp3) is 0.500. The molecule has 1 amide bonds. The molecule has 44 heavy (non-hydrogen) atoms. The molecule has 2 aromatic carbocycles. The number of hydrogen-bond donors (Lipinski definition) is 5. The molecule has 14 nitrogen and oxygen atoms in total. The summed E-state index contributed by atoms with van der Waals surface area (Å²) >= 11 is 0. The summed E-state index contributed by atoms with van der Waals surface area (Å²) in [6, 6.07) is 9.87. The first-order chi connectivity index (χ1) is 20.6. The van der Waals surface area contributed by atoms with Crippen LogP contribution in [-0.2, 0) is 35.8 Å². The summed E-state index contributed by atoms with van der Waals surface area (Å²) in [5, 5.41) is 42.0. The lowest BCUT2D eigenvalue weighted by Gasteiger charge is -2.39. The molecule has 5 N–H and O–H groups in total. The molecule has 1 heterocycles. The Morgan fingerprint density at radius 1 is 1.07 bits per heavy atom. The number of rotatable bonds is 11. The average Bonchev–Trinajstić information content (AvgIpc) is 2.93. The quantitative estimate of drug-likeness (QED) is 0.176. The summed E-state index contributed by atoms with van der Waals surface area (Å²) in [5.41, 5.74) is -0.564. The van der Waals surface area contributed by atoms with E-state index in [-0.39, 0.29) is 30.2 Å². The number of para-hydroxylation sites is 1.